The Morgan fingerprint density at radius 3 is 2.47 bits per heavy atom. The normalized spacial score (nSPS) is 13.8. The van der Waals surface area contributed by atoms with Crippen molar-refractivity contribution >= 4 is 18.0 Å². The molecule has 2 atom stereocenters. The van der Waals surface area contributed by atoms with Crippen LogP contribution in [0, 0.1) is 5.92 Å². The minimum atomic E-state index is -0.886. The van der Waals surface area contributed by atoms with Gasteiger partial charge in [0.25, 0.3) is 0 Å². The molecule has 0 bridgehead atoms. The summed E-state index contributed by atoms with van der Waals surface area (Å²) in [6, 6.07) is 0. The molecular weight excluding hydrogens is 250 g/mol. The van der Waals surface area contributed by atoms with E-state index < -0.39 is 18.1 Å². The second kappa shape index (κ2) is 10.6. The summed E-state index contributed by atoms with van der Waals surface area (Å²) in [4.78, 5) is 32.6. The number of nitrogens with two attached hydrogens (primary N) is 2. The minimum Gasteiger partial charge on any atom is -0.481 e. The SMILES string of the molecule is NCCC(C=O)C(=O)CCCNC(N)CCC(=O)O. The van der Waals surface area contributed by atoms with Crippen LogP contribution in [0.4, 0.5) is 0 Å². The highest BCUT2D eigenvalue weighted by Gasteiger charge is 2.15. The van der Waals surface area contributed by atoms with Gasteiger partial charge in [0.15, 0.2) is 0 Å². The number of carboxylic acids is 1. The summed E-state index contributed by atoms with van der Waals surface area (Å²) in [5.41, 5.74) is 10.9. The molecule has 0 fully saturated rings. The number of Topliss-reactive ketones (excluding diaryl/α,β-unsaturated/α-hetero) is 1. The predicted octanol–water partition coefficient (Wildman–Crippen LogP) is -0.761. The highest BCUT2D eigenvalue weighted by Crippen LogP contribution is 2.05. The Balaban J connectivity index is 3.70. The van der Waals surface area contributed by atoms with Crippen LogP contribution in [0.2, 0.25) is 0 Å². The molecule has 0 aromatic carbocycles. The number of aliphatic carboxylic acids is 1. The number of carbonyl (C=O) groups excluding carboxylic acids is 2. The van der Waals surface area contributed by atoms with Crippen LogP contribution in [0.15, 0.2) is 0 Å². The van der Waals surface area contributed by atoms with Gasteiger partial charge in [-0.3, -0.25) is 9.59 Å². The van der Waals surface area contributed by atoms with Crippen molar-refractivity contribution in [1.82, 2.24) is 5.32 Å². The average molecular weight is 273 g/mol. The third-order valence-electron chi connectivity index (χ3n) is 2.73. The van der Waals surface area contributed by atoms with Crippen molar-refractivity contribution in [3.8, 4) is 0 Å². The summed E-state index contributed by atoms with van der Waals surface area (Å²) in [6.07, 6.45) is 1.84. The molecule has 0 radical (unpaired) electrons. The molecule has 6 N–H and O–H groups in total. The maximum Gasteiger partial charge on any atom is 0.303 e. The summed E-state index contributed by atoms with van der Waals surface area (Å²) in [5.74, 6) is -1.60. The van der Waals surface area contributed by atoms with Crippen molar-refractivity contribution in [2.24, 2.45) is 17.4 Å². The van der Waals surface area contributed by atoms with Crippen molar-refractivity contribution in [2.75, 3.05) is 13.1 Å². The number of carbonyl (C=O) groups is 3. The van der Waals surface area contributed by atoms with Gasteiger partial charge in [-0.1, -0.05) is 0 Å². The minimum absolute atomic E-state index is 0.0107. The lowest BCUT2D eigenvalue weighted by atomic mass is 9.98. The molecule has 7 nitrogen and oxygen atoms in total. The summed E-state index contributed by atoms with van der Waals surface area (Å²) >= 11 is 0. The zero-order chi connectivity index (χ0) is 14.7. The molecule has 0 saturated carbocycles. The molecule has 0 aliphatic rings. The lowest BCUT2D eigenvalue weighted by Crippen LogP contribution is -2.38. The first kappa shape index (κ1) is 17.7. The van der Waals surface area contributed by atoms with Crippen LogP contribution in [-0.2, 0) is 14.4 Å². The van der Waals surface area contributed by atoms with Crippen LogP contribution in [0.3, 0.4) is 0 Å². The quantitative estimate of drug-likeness (QED) is 0.159. The smallest absolute Gasteiger partial charge is 0.303 e. The monoisotopic (exact) mass is 273 g/mol. The van der Waals surface area contributed by atoms with Gasteiger partial charge in [0.2, 0.25) is 0 Å². The molecule has 110 valence electrons. The maximum absolute atomic E-state index is 11.6. The summed E-state index contributed by atoms with van der Waals surface area (Å²) < 4.78 is 0. The van der Waals surface area contributed by atoms with Crippen molar-refractivity contribution in [1.29, 1.82) is 0 Å². The molecule has 0 saturated heterocycles. The van der Waals surface area contributed by atoms with E-state index in [1.807, 2.05) is 0 Å². The highest BCUT2D eigenvalue weighted by atomic mass is 16.4. The Morgan fingerprint density at radius 1 is 1.26 bits per heavy atom. The fourth-order valence-corrected chi connectivity index (χ4v) is 1.60. The Bertz CT molecular complexity index is 297. The van der Waals surface area contributed by atoms with E-state index in [1.54, 1.807) is 0 Å². The van der Waals surface area contributed by atoms with E-state index in [1.165, 1.54) is 0 Å². The second-order valence-electron chi connectivity index (χ2n) is 4.38. The van der Waals surface area contributed by atoms with Gasteiger partial charge in [0.1, 0.15) is 12.1 Å². The van der Waals surface area contributed by atoms with Crippen LogP contribution in [0.5, 0.6) is 0 Å². The van der Waals surface area contributed by atoms with Gasteiger partial charge in [-0.25, -0.2) is 0 Å². The molecule has 0 heterocycles. The van der Waals surface area contributed by atoms with Crippen LogP contribution < -0.4 is 16.8 Å². The zero-order valence-electron chi connectivity index (χ0n) is 11.0. The number of aldehydes is 1. The Kier molecular flexibility index (Phi) is 9.87. The van der Waals surface area contributed by atoms with E-state index in [0.717, 1.165) is 0 Å². The fourth-order valence-electron chi connectivity index (χ4n) is 1.60. The molecule has 0 aliphatic heterocycles. The second-order valence-corrected chi connectivity index (χ2v) is 4.38. The fraction of sp³-hybridized carbons (Fsp3) is 0.750. The number of carboxylic acid groups (broad SMARTS) is 1. The van der Waals surface area contributed by atoms with Crippen LogP contribution >= 0.6 is 0 Å². The van der Waals surface area contributed by atoms with Crippen molar-refractivity contribution in [3.05, 3.63) is 0 Å². The molecule has 0 spiro atoms. The van der Waals surface area contributed by atoms with E-state index in [9.17, 15) is 14.4 Å². The van der Waals surface area contributed by atoms with Gasteiger partial charge in [-0.05, 0) is 32.4 Å². The van der Waals surface area contributed by atoms with Crippen molar-refractivity contribution in [2.45, 2.75) is 38.3 Å². The van der Waals surface area contributed by atoms with E-state index in [0.29, 0.717) is 45.1 Å². The third kappa shape index (κ3) is 9.29. The molecule has 0 rings (SSSR count). The predicted molar refractivity (Wildman–Crippen MR) is 70.3 cm³/mol. The van der Waals surface area contributed by atoms with Gasteiger partial charge < -0.3 is 26.7 Å². The maximum atomic E-state index is 11.6. The Hall–Kier alpha value is -1.31. The standard InChI is InChI=1S/C12H23N3O4/c13-6-5-9(8-16)10(17)2-1-7-15-11(14)3-4-12(18)19/h8-9,11,15H,1-7,13-14H2,(H,18,19). The number of hydrogen-bond acceptors (Lipinski definition) is 6. The van der Waals surface area contributed by atoms with E-state index in [4.69, 9.17) is 16.6 Å². The van der Waals surface area contributed by atoms with Gasteiger partial charge in [-0.15, -0.1) is 0 Å². The van der Waals surface area contributed by atoms with E-state index >= 15 is 0 Å². The number of hydrogen-bond donors (Lipinski definition) is 4. The van der Waals surface area contributed by atoms with Gasteiger partial charge >= 0.3 is 5.97 Å². The van der Waals surface area contributed by atoms with Crippen LogP contribution in [-0.4, -0.2) is 42.4 Å². The lowest BCUT2D eigenvalue weighted by Gasteiger charge is -2.13. The third-order valence-corrected chi connectivity index (χ3v) is 2.73. The van der Waals surface area contributed by atoms with E-state index in [-0.39, 0.29) is 12.2 Å². The molecule has 0 aromatic rings. The van der Waals surface area contributed by atoms with E-state index in [2.05, 4.69) is 5.32 Å². The molecule has 7 heteroatoms. The summed E-state index contributed by atoms with van der Waals surface area (Å²) in [5, 5.41) is 11.4. The molecular formula is C12H23N3O4. The first-order valence-electron chi connectivity index (χ1n) is 6.40. The summed E-state index contributed by atoms with van der Waals surface area (Å²) in [6.45, 7) is 0.828. The van der Waals surface area contributed by atoms with Crippen LogP contribution in [0.1, 0.15) is 32.1 Å². The number of nitrogens with one attached hydrogen (secondary N) is 1. The van der Waals surface area contributed by atoms with Crippen molar-refractivity contribution < 1.29 is 19.5 Å². The molecule has 2 unspecified atom stereocenters. The average Bonchev–Trinajstić information content (AvgIpc) is 2.38. The molecule has 0 amide bonds. The first-order chi connectivity index (χ1) is 9.01. The number of ketones is 1. The van der Waals surface area contributed by atoms with Crippen LogP contribution in [0.25, 0.3) is 0 Å². The number of rotatable bonds is 12. The van der Waals surface area contributed by atoms with Gasteiger partial charge in [-0.2, -0.15) is 0 Å². The first-order valence-corrected chi connectivity index (χ1v) is 6.40. The highest BCUT2D eigenvalue weighted by molar-refractivity contribution is 5.93. The summed E-state index contributed by atoms with van der Waals surface area (Å²) in [7, 11) is 0. The molecule has 0 aliphatic carbocycles. The van der Waals surface area contributed by atoms with Gasteiger partial charge in [0.05, 0.1) is 12.1 Å². The lowest BCUT2D eigenvalue weighted by molar-refractivity contribution is -0.137. The van der Waals surface area contributed by atoms with Gasteiger partial charge in [0, 0.05) is 12.8 Å². The topological polar surface area (TPSA) is 136 Å². The largest absolute Gasteiger partial charge is 0.481 e. The molecule has 19 heavy (non-hydrogen) atoms. The molecule has 0 aromatic heterocycles. The Labute approximate surface area is 112 Å². The zero-order valence-corrected chi connectivity index (χ0v) is 11.0. The van der Waals surface area contributed by atoms with Crippen molar-refractivity contribution in [3.63, 3.8) is 0 Å². The Morgan fingerprint density at radius 2 is 1.95 bits per heavy atom.